The normalized spacial score (nSPS) is 26.2. The monoisotopic (exact) mass is 126 g/mol. The van der Waals surface area contributed by atoms with Gasteiger partial charge in [0.1, 0.15) is 0 Å². The molecule has 0 aromatic rings. The van der Waals surface area contributed by atoms with Crippen molar-refractivity contribution < 1.29 is 9.31 Å². The van der Waals surface area contributed by atoms with Crippen molar-refractivity contribution in [2.75, 3.05) is 0 Å². The van der Waals surface area contributed by atoms with Crippen LogP contribution in [-0.2, 0) is 9.31 Å². The molecule has 2 saturated carbocycles. The van der Waals surface area contributed by atoms with Crippen LogP contribution in [-0.4, -0.2) is 19.9 Å². The second-order valence-corrected chi connectivity index (χ2v) is 2.85. The van der Waals surface area contributed by atoms with Crippen molar-refractivity contribution in [3.63, 3.8) is 0 Å². The Labute approximate surface area is 55.8 Å². The number of hydrogen-bond acceptors (Lipinski definition) is 2. The van der Waals surface area contributed by atoms with Crippen LogP contribution in [0, 0.1) is 0 Å². The lowest BCUT2D eigenvalue weighted by atomic mass is 10.4. The molecule has 0 aliphatic heterocycles. The third-order valence-electron chi connectivity index (χ3n) is 1.66. The fraction of sp³-hybridized carbons (Fsp3) is 1.00. The molecule has 3 heteroatoms. The topological polar surface area (TPSA) is 18.5 Å². The fourth-order valence-electron chi connectivity index (χ4n) is 0.701. The predicted molar refractivity (Wildman–Crippen MR) is 35.4 cm³/mol. The molecule has 0 radical (unpaired) electrons. The van der Waals surface area contributed by atoms with Gasteiger partial charge in [-0.05, 0) is 25.7 Å². The molecule has 0 atom stereocenters. The Kier molecular flexibility index (Phi) is 1.48. The van der Waals surface area contributed by atoms with E-state index in [1.54, 1.807) is 0 Å². The summed E-state index contributed by atoms with van der Waals surface area (Å²) in [6.07, 6.45) is 6.07. The molecule has 9 heavy (non-hydrogen) atoms. The van der Waals surface area contributed by atoms with Crippen molar-refractivity contribution in [3.05, 3.63) is 0 Å². The third kappa shape index (κ3) is 1.99. The van der Waals surface area contributed by atoms with E-state index in [0.29, 0.717) is 19.9 Å². The van der Waals surface area contributed by atoms with Gasteiger partial charge in [0.05, 0.1) is 0 Å². The van der Waals surface area contributed by atoms with Gasteiger partial charge in [-0.1, -0.05) is 0 Å². The zero-order valence-electron chi connectivity index (χ0n) is 5.51. The van der Waals surface area contributed by atoms with Crippen molar-refractivity contribution in [2.24, 2.45) is 0 Å². The van der Waals surface area contributed by atoms with Gasteiger partial charge in [-0.3, -0.25) is 0 Å². The molecule has 0 bridgehead atoms. The van der Waals surface area contributed by atoms with Crippen LogP contribution in [0.4, 0.5) is 0 Å². The molecule has 0 amide bonds. The summed E-state index contributed by atoms with van der Waals surface area (Å²) < 4.78 is 10.6. The van der Waals surface area contributed by atoms with Crippen molar-refractivity contribution in [2.45, 2.75) is 37.9 Å². The average molecular weight is 126 g/mol. The lowest BCUT2D eigenvalue weighted by molar-refractivity contribution is 0.205. The summed E-state index contributed by atoms with van der Waals surface area (Å²) in [5, 5.41) is 0. The fourth-order valence-corrected chi connectivity index (χ4v) is 0.701. The van der Waals surface area contributed by atoms with Crippen LogP contribution in [0.3, 0.4) is 0 Å². The summed E-state index contributed by atoms with van der Waals surface area (Å²) in [6, 6.07) is 0. The maximum atomic E-state index is 5.28. The molecular formula is C6H11BO2. The first kappa shape index (κ1) is 5.75. The minimum atomic E-state index is 0.537. The Balaban J connectivity index is 1.46. The third-order valence-corrected chi connectivity index (χ3v) is 1.66. The van der Waals surface area contributed by atoms with Gasteiger partial charge >= 0.3 is 7.69 Å². The van der Waals surface area contributed by atoms with Crippen LogP contribution in [0.5, 0.6) is 0 Å². The van der Waals surface area contributed by atoms with Gasteiger partial charge < -0.3 is 9.31 Å². The van der Waals surface area contributed by atoms with Crippen LogP contribution in [0.15, 0.2) is 0 Å². The molecule has 2 aliphatic carbocycles. The standard InChI is InChI=1S/C6H11BO2/c1-2-5(1)8-7-9-6-3-4-6/h5-7H,1-4H2. The molecule has 2 nitrogen and oxygen atoms in total. The van der Waals surface area contributed by atoms with E-state index in [2.05, 4.69) is 0 Å². The van der Waals surface area contributed by atoms with Crippen molar-refractivity contribution in [3.8, 4) is 0 Å². The molecule has 0 spiro atoms. The minimum Gasteiger partial charge on any atom is -0.411 e. The summed E-state index contributed by atoms with van der Waals surface area (Å²) in [4.78, 5) is 0. The van der Waals surface area contributed by atoms with E-state index < -0.39 is 0 Å². The average Bonchev–Trinajstić information content (AvgIpc) is 2.57. The number of rotatable bonds is 4. The van der Waals surface area contributed by atoms with E-state index in [0.717, 1.165) is 0 Å². The summed E-state index contributed by atoms with van der Waals surface area (Å²) in [6.45, 7) is 0. The first-order chi connectivity index (χ1) is 4.45. The summed E-state index contributed by atoms with van der Waals surface area (Å²) >= 11 is 0. The van der Waals surface area contributed by atoms with Gasteiger partial charge in [0.2, 0.25) is 0 Å². The lowest BCUT2D eigenvalue weighted by Crippen LogP contribution is -2.06. The second kappa shape index (κ2) is 2.31. The highest BCUT2D eigenvalue weighted by atomic mass is 16.6. The quantitative estimate of drug-likeness (QED) is 0.513. The van der Waals surface area contributed by atoms with Crippen LogP contribution < -0.4 is 0 Å². The zero-order valence-corrected chi connectivity index (χ0v) is 5.51. The Morgan fingerprint density at radius 2 is 1.33 bits per heavy atom. The molecular weight excluding hydrogens is 115 g/mol. The number of hydrogen-bond donors (Lipinski definition) is 0. The maximum absolute atomic E-state index is 5.28. The van der Waals surface area contributed by atoms with Crippen LogP contribution in [0.25, 0.3) is 0 Å². The van der Waals surface area contributed by atoms with Gasteiger partial charge in [0, 0.05) is 12.2 Å². The van der Waals surface area contributed by atoms with E-state index in [9.17, 15) is 0 Å². The van der Waals surface area contributed by atoms with E-state index in [1.807, 2.05) is 0 Å². The van der Waals surface area contributed by atoms with Gasteiger partial charge in [-0.15, -0.1) is 0 Å². The molecule has 2 fully saturated rings. The Morgan fingerprint density at radius 3 is 1.67 bits per heavy atom. The van der Waals surface area contributed by atoms with Crippen LogP contribution >= 0.6 is 0 Å². The Morgan fingerprint density at radius 1 is 0.889 bits per heavy atom. The maximum Gasteiger partial charge on any atom is 0.438 e. The second-order valence-electron chi connectivity index (χ2n) is 2.85. The SMILES string of the molecule is B(OC1CC1)OC1CC1. The van der Waals surface area contributed by atoms with Gasteiger partial charge in [-0.25, -0.2) is 0 Å². The molecule has 2 aliphatic rings. The first-order valence-electron chi connectivity index (χ1n) is 3.68. The molecule has 0 aromatic carbocycles. The molecule has 0 saturated heterocycles. The lowest BCUT2D eigenvalue weighted by Gasteiger charge is -1.98. The molecule has 50 valence electrons. The molecule has 0 heterocycles. The Hall–Kier alpha value is -0.0151. The van der Waals surface area contributed by atoms with Crippen LogP contribution in [0.2, 0.25) is 0 Å². The zero-order chi connectivity index (χ0) is 6.10. The minimum absolute atomic E-state index is 0.537. The molecule has 0 aromatic heterocycles. The molecule has 0 N–H and O–H groups in total. The van der Waals surface area contributed by atoms with Gasteiger partial charge in [-0.2, -0.15) is 0 Å². The predicted octanol–water partition coefficient (Wildman–Crippen LogP) is 0.611. The highest BCUT2D eigenvalue weighted by Gasteiger charge is 2.26. The van der Waals surface area contributed by atoms with Gasteiger partial charge in [0.15, 0.2) is 0 Å². The summed E-state index contributed by atoms with van der Waals surface area (Å²) in [5.74, 6) is 0. The van der Waals surface area contributed by atoms with E-state index >= 15 is 0 Å². The summed E-state index contributed by atoms with van der Waals surface area (Å²) in [7, 11) is 0.537. The van der Waals surface area contributed by atoms with E-state index in [-0.39, 0.29) is 0 Å². The molecule has 0 unspecified atom stereocenters. The summed E-state index contributed by atoms with van der Waals surface area (Å²) in [5.41, 5.74) is 0. The largest absolute Gasteiger partial charge is 0.438 e. The van der Waals surface area contributed by atoms with E-state index in [4.69, 9.17) is 9.31 Å². The van der Waals surface area contributed by atoms with E-state index in [1.165, 1.54) is 25.7 Å². The Bertz CT molecular complexity index is 87.2. The van der Waals surface area contributed by atoms with Crippen molar-refractivity contribution in [1.82, 2.24) is 0 Å². The first-order valence-corrected chi connectivity index (χ1v) is 3.68. The molecule has 2 rings (SSSR count). The highest BCUT2D eigenvalue weighted by molar-refractivity contribution is 6.18. The van der Waals surface area contributed by atoms with Crippen molar-refractivity contribution >= 4 is 7.69 Å². The van der Waals surface area contributed by atoms with Crippen molar-refractivity contribution in [1.29, 1.82) is 0 Å². The van der Waals surface area contributed by atoms with Gasteiger partial charge in [0.25, 0.3) is 0 Å². The smallest absolute Gasteiger partial charge is 0.411 e. The van der Waals surface area contributed by atoms with Crippen LogP contribution in [0.1, 0.15) is 25.7 Å². The highest BCUT2D eigenvalue weighted by Crippen LogP contribution is 2.25.